The van der Waals surface area contributed by atoms with Crippen LogP contribution in [0.15, 0.2) is 82.7 Å². The van der Waals surface area contributed by atoms with E-state index in [0.717, 1.165) is 28.3 Å². The predicted molar refractivity (Wildman–Crippen MR) is 120 cm³/mol. The van der Waals surface area contributed by atoms with Gasteiger partial charge in [0, 0.05) is 28.2 Å². The van der Waals surface area contributed by atoms with Crippen LogP contribution in [0.4, 0.5) is 21.6 Å². The number of amides is 1. The van der Waals surface area contributed by atoms with Crippen LogP contribution in [0.3, 0.4) is 0 Å². The Morgan fingerprint density at radius 3 is 2.80 bits per heavy atom. The van der Waals surface area contributed by atoms with Crippen LogP contribution in [0.25, 0.3) is 0 Å². The zero-order chi connectivity index (χ0) is 20.9. The summed E-state index contributed by atoms with van der Waals surface area (Å²) in [5.74, 6) is -0.260. The van der Waals surface area contributed by atoms with E-state index in [1.807, 2.05) is 48.5 Å². The van der Waals surface area contributed by atoms with Crippen LogP contribution in [-0.4, -0.2) is 17.4 Å². The highest BCUT2D eigenvalue weighted by Gasteiger charge is 2.26. The van der Waals surface area contributed by atoms with Gasteiger partial charge < -0.3 is 10.2 Å². The Balaban J connectivity index is 1.72. The molecule has 0 radical (unpaired) electrons. The topological polar surface area (TPSA) is 45.2 Å². The average Bonchev–Trinajstić information content (AvgIpc) is 2.87. The third-order valence-electron chi connectivity index (χ3n) is 4.76. The van der Waals surface area contributed by atoms with Crippen molar-refractivity contribution in [1.82, 2.24) is 4.98 Å². The van der Waals surface area contributed by atoms with Crippen LogP contribution in [0.1, 0.15) is 30.1 Å². The van der Waals surface area contributed by atoms with Crippen molar-refractivity contribution in [2.75, 3.05) is 16.8 Å². The Hall–Kier alpha value is -3.12. The van der Waals surface area contributed by atoms with E-state index in [9.17, 15) is 9.18 Å². The molecule has 152 valence electrons. The first-order chi connectivity index (χ1) is 14.7. The molecule has 2 aromatic carbocycles. The van der Waals surface area contributed by atoms with Crippen LogP contribution in [-0.2, 0) is 0 Å². The molecule has 3 aromatic rings. The molecule has 0 unspecified atom stereocenters. The third kappa shape index (κ3) is 4.24. The van der Waals surface area contributed by atoms with Crippen molar-refractivity contribution in [1.29, 1.82) is 0 Å². The van der Waals surface area contributed by atoms with Crippen molar-refractivity contribution < 1.29 is 9.18 Å². The van der Waals surface area contributed by atoms with Gasteiger partial charge in [0.1, 0.15) is 0 Å². The van der Waals surface area contributed by atoms with Crippen molar-refractivity contribution in [2.45, 2.75) is 29.6 Å². The highest BCUT2D eigenvalue weighted by atomic mass is 32.2. The second-order valence-electron chi connectivity index (χ2n) is 6.92. The minimum absolute atomic E-state index is 0.0190. The number of hydrogen-bond donors (Lipinski definition) is 1. The molecular weight excluding hydrogens is 397 g/mol. The normalized spacial score (nSPS) is 13.1. The number of nitrogens with zero attached hydrogens (tertiary/aromatic N) is 2. The van der Waals surface area contributed by atoms with Gasteiger partial charge in [0.05, 0.1) is 11.3 Å². The number of anilines is 3. The van der Waals surface area contributed by atoms with Crippen LogP contribution in [0.5, 0.6) is 0 Å². The predicted octanol–water partition coefficient (Wildman–Crippen LogP) is 6.43. The van der Waals surface area contributed by atoms with Crippen LogP contribution >= 0.6 is 11.8 Å². The molecular formula is C24H22FN3OS. The smallest absolute Gasteiger partial charge is 0.259 e. The molecule has 0 bridgehead atoms. The quantitative estimate of drug-likeness (QED) is 0.468. The van der Waals surface area contributed by atoms with E-state index >= 15 is 0 Å². The second-order valence-corrected chi connectivity index (χ2v) is 8.00. The van der Waals surface area contributed by atoms with Gasteiger partial charge in [-0.25, -0.2) is 9.37 Å². The summed E-state index contributed by atoms with van der Waals surface area (Å²) in [5, 5.41) is 3.04. The van der Waals surface area contributed by atoms with E-state index in [1.165, 1.54) is 6.07 Å². The van der Waals surface area contributed by atoms with E-state index in [2.05, 4.69) is 23.3 Å². The highest BCUT2D eigenvalue weighted by molar-refractivity contribution is 7.99. The molecule has 1 aliphatic heterocycles. The monoisotopic (exact) mass is 419 g/mol. The molecule has 4 nitrogen and oxygen atoms in total. The number of allylic oxidation sites excluding steroid dienone is 1. The number of pyridine rings is 1. The van der Waals surface area contributed by atoms with E-state index in [4.69, 9.17) is 0 Å². The zero-order valence-corrected chi connectivity index (χ0v) is 17.5. The van der Waals surface area contributed by atoms with Crippen molar-refractivity contribution >= 4 is 34.9 Å². The van der Waals surface area contributed by atoms with Crippen molar-refractivity contribution in [2.24, 2.45) is 0 Å². The van der Waals surface area contributed by atoms with Gasteiger partial charge >= 0.3 is 0 Å². The lowest BCUT2D eigenvalue weighted by Crippen LogP contribution is -2.31. The molecule has 1 aromatic heterocycles. The molecule has 1 aliphatic rings. The van der Waals surface area contributed by atoms with E-state index < -0.39 is 5.82 Å². The fraction of sp³-hybridized carbons (Fsp3) is 0.167. The molecule has 0 atom stereocenters. The van der Waals surface area contributed by atoms with Gasteiger partial charge in [-0.1, -0.05) is 49.4 Å². The number of benzene rings is 2. The summed E-state index contributed by atoms with van der Waals surface area (Å²) in [6.07, 6.45) is 7.75. The van der Waals surface area contributed by atoms with Gasteiger partial charge in [-0.15, -0.1) is 0 Å². The maximum absolute atomic E-state index is 14.0. The van der Waals surface area contributed by atoms with E-state index in [0.29, 0.717) is 17.8 Å². The molecule has 1 N–H and O–H groups in total. The van der Waals surface area contributed by atoms with Gasteiger partial charge in [-0.05, 0) is 48.9 Å². The van der Waals surface area contributed by atoms with Crippen molar-refractivity contribution in [3.05, 3.63) is 84.3 Å². The number of halogens is 1. The Bertz CT molecular complexity index is 1100. The van der Waals surface area contributed by atoms with Crippen molar-refractivity contribution in [3.8, 4) is 0 Å². The third-order valence-corrected chi connectivity index (χ3v) is 5.89. The number of nitrogens with one attached hydrogen (secondary N) is 1. The molecule has 4 rings (SSSR count). The number of carbonyl (C=O) groups excluding carboxylic acids is 1. The number of fused-ring (bicyclic) bond motifs is 2. The molecule has 0 aliphatic carbocycles. The maximum Gasteiger partial charge on any atom is 0.259 e. The molecule has 0 saturated carbocycles. The number of aromatic nitrogens is 1. The summed E-state index contributed by atoms with van der Waals surface area (Å²) in [7, 11) is 0. The second kappa shape index (κ2) is 9.13. The zero-order valence-electron chi connectivity index (χ0n) is 16.6. The molecule has 0 fully saturated rings. The standard InChI is InChI=1S/C24H22FN3OS/c1-2-3-4-7-15-28-20-13-12-17(27-23-19(25)10-8-14-26-23)16-22(20)30-21-11-6-5-9-18(21)24(28)29/h4-14,16H,2-3,15H2,1H3,(H,26,27)/b7-4+. The van der Waals surface area contributed by atoms with E-state index in [-0.39, 0.29) is 11.7 Å². The summed E-state index contributed by atoms with van der Waals surface area (Å²) in [4.78, 5) is 21.0. The number of unbranched alkanes of at least 4 members (excludes halogenated alkanes) is 1. The molecule has 6 heteroatoms. The van der Waals surface area contributed by atoms with Crippen LogP contribution < -0.4 is 10.2 Å². The van der Waals surface area contributed by atoms with Crippen LogP contribution in [0, 0.1) is 5.82 Å². The van der Waals surface area contributed by atoms with Crippen LogP contribution in [0.2, 0.25) is 0 Å². The van der Waals surface area contributed by atoms with Gasteiger partial charge in [-0.3, -0.25) is 4.79 Å². The first-order valence-corrected chi connectivity index (χ1v) is 10.7. The maximum atomic E-state index is 14.0. The summed E-state index contributed by atoms with van der Waals surface area (Å²) in [6.45, 7) is 2.63. The fourth-order valence-electron chi connectivity index (χ4n) is 3.26. The Labute approximate surface area is 179 Å². The van der Waals surface area contributed by atoms with Crippen molar-refractivity contribution in [3.63, 3.8) is 0 Å². The molecule has 0 saturated heterocycles. The molecule has 2 heterocycles. The number of hydrogen-bond acceptors (Lipinski definition) is 4. The Morgan fingerprint density at radius 2 is 1.97 bits per heavy atom. The van der Waals surface area contributed by atoms with E-state index in [1.54, 1.807) is 28.9 Å². The molecule has 0 spiro atoms. The minimum atomic E-state index is -0.414. The molecule has 1 amide bonds. The lowest BCUT2D eigenvalue weighted by molar-refractivity contribution is 0.0987. The summed E-state index contributed by atoms with van der Waals surface area (Å²) in [6, 6.07) is 16.2. The van der Waals surface area contributed by atoms with Gasteiger partial charge in [0.15, 0.2) is 11.6 Å². The lowest BCUT2D eigenvalue weighted by atomic mass is 10.1. The average molecular weight is 420 g/mol. The Kier molecular flexibility index (Phi) is 6.14. The minimum Gasteiger partial charge on any atom is -0.338 e. The van der Waals surface area contributed by atoms with Gasteiger partial charge in [0.2, 0.25) is 0 Å². The Morgan fingerprint density at radius 1 is 1.10 bits per heavy atom. The van der Waals surface area contributed by atoms with Gasteiger partial charge in [-0.2, -0.15) is 0 Å². The molecule has 30 heavy (non-hydrogen) atoms. The SMILES string of the molecule is CCC/C=C/CN1C(=O)c2ccccc2Sc2cc(Nc3ncccc3F)ccc21. The summed E-state index contributed by atoms with van der Waals surface area (Å²) < 4.78 is 14.0. The lowest BCUT2D eigenvalue weighted by Gasteiger charge is -2.22. The summed E-state index contributed by atoms with van der Waals surface area (Å²) >= 11 is 1.54. The first-order valence-electron chi connectivity index (χ1n) is 9.92. The highest BCUT2D eigenvalue weighted by Crippen LogP contribution is 2.42. The fourth-order valence-corrected chi connectivity index (χ4v) is 4.38. The number of carbonyl (C=O) groups is 1. The van der Waals surface area contributed by atoms with Gasteiger partial charge in [0.25, 0.3) is 5.91 Å². The first kappa shape index (κ1) is 20.2. The summed E-state index contributed by atoms with van der Waals surface area (Å²) in [5.41, 5.74) is 2.24. The number of rotatable bonds is 6. The largest absolute Gasteiger partial charge is 0.338 e.